The Morgan fingerprint density at radius 2 is 0.772 bits per heavy atom. The molecule has 270 valence electrons. The Balaban J connectivity index is 1.32. The average molecular weight is 739 g/mol. The highest BCUT2D eigenvalue weighted by Gasteiger charge is 2.22. The van der Waals surface area contributed by atoms with E-state index >= 15 is 4.39 Å². The quantitative estimate of drug-likeness (QED) is 0.164. The van der Waals surface area contributed by atoms with Crippen LogP contribution in [0.2, 0.25) is 0 Å². The zero-order valence-corrected chi connectivity index (χ0v) is 30.5. The smallest absolute Gasteiger partial charge is 0.166 e. The van der Waals surface area contributed by atoms with Gasteiger partial charge in [0.15, 0.2) is 17.5 Å². The Hall–Kier alpha value is -7.57. The van der Waals surface area contributed by atoms with Gasteiger partial charge in [-0.05, 0) is 64.2 Å². The first kappa shape index (κ1) is 34.0. The van der Waals surface area contributed by atoms with Crippen LogP contribution in [0, 0.1) is 11.6 Å². The minimum Gasteiger partial charge on any atom is -0.308 e. The van der Waals surface area contributed by atoms with E-state index in [4.69, 9.17) is 15.0 Å². The highest BCUT2D eigenvalue weighted by molar-refractivity contribution is 6.11. The molecular weight excluding hydrogens is 707 g/mol. The predicted octanol–water partition coefficient (Wildman–Crippen LogP) is 13.2. The van der Waals surface area contributed by atoms with E-state index < -0.39 is 11.6 Å². The molecule has 57 heavy (non-hydrogen) atoms. The summed E-state index contributed by atoms with van der Waals surface area (Å²) >= 11 is 0. The third-order valence-electron chi connectivity index (χ3n) is 10.4. The van der Waals surface area contributed by atoms with Crippen molar-refractivity contribution in [2.24, 2.45) is 0 Å². The van der Waals surface area contributed by atoms with Crippen LogP contribution in [-0.2, 0) is 0 Å². The monoisotopic (exact) mass is 738 g/mol. The van der Waals surface area contributed by atoms with Gasteiger partial charge in [-0.2, -0.15) is 0 Å². The number of aromatic nitrogens is 4. The van der Waals surface area contributed by atoms with E-state index in [1.54, 1.807) is 0 Å². The van der Waals surface area contributed by atoms with Crippen LogP contribution in [0.4, 0.5) is 8.78 Å². The summed E-state index contributed by atoms with van der Waals surface area (Å²) in [6, 6.07) is 62.8. The van der Waals surface area contributed by atoms with Gasteiger partial charge in [-0.15, -0.1) is 0 Å². The van der Waals surface area contributed by atoms with Crippen LogP contribution in [0.15, 0.2) is 194 Å². The second kappa shape index (κ2) is 14.3. The second-order valence-electron chi connectivity index (χ2n) is 13.9. The van der Waals surface area contributed by atoms with E-state index in [0.29, 0.717) is 28.6 Å². The molecule has 0 fully saturated rings. The van der Waals surface area contributed by atoms with Gasteiger partial charge in [0.2, 0.25) is 0 Å². The van der Waals surface area contributed by atoms with E-state index in [1.165, 1.54) is 12.1 Å². The van der Waals surface area contributed by atoms with Gasteiger partial charge in [-0.25, -0.2) is 23.7 Å². The molecule has 10 aromatic rings. The molecule has 6 heteroatoms. The Kier molecular flexibility index (Phi) is 8.49. The maximum Gasteiger partial charge on any atom is 0.166 e. The molecule has 0 aliphatic rings. The molecule has 0 amide bonds. The number of hydrogen-bond acceptors (Lipinski definition) is 3. The fourth-order valence-corrected chi connectivity index (χ4v) is 7.62. The minimum absolute atomic E-state index is 0.283. The molecule has 0 atom stereocenters. The third kappa shape index (κ3) is 6.33. The Bertz CT molecular complexity index is 2920. The predicted molar refractivity (Wildman–Crippen MR) is 227 cm³/mol. The van der Waals surface area contributed by atoms with Gasteiger partial charge in [0.05, 0.1) is 16.7 Å². The first-order chi connectivity index (χ1) is 28.1. The van der Waals surface area contributed by atoms with Crippen molar-refractivity contribution in [1.82, 2.24) is 19.5 Å². The van der Waals surface area contributed by atoms with Gasteiger partial charge in [-0.3, -0.25) is 0 Å². The molecule has 2 aromatic heterocycles. The molecule has 0 spiro atoms. The maximum atomic E-state index is 15.6. The summed E-state index contributed by atoms with van der Waals surface area (Å²) in [6.07, 6.45) is 0. The van der Waals surface area contributed by atoms with Crippen LogP contribution < -0.4 is 0 Å². The maximum absolute atomic E-state index is 15.6. The van der Waals surface area contributed by atoms with Crippen LogP contribution in [0.5, 0.6) is 0 Å². The molecule has 0 N–H and O–H groups in total. The topological polar surface area (TPSA) is 43.6 Å². The molecule has 0 bridgehead atoms. The number of rotatable bonds is 7. The van der Waals surface area contributed by atoms with Crippen molar-refractivity contribution < 1.29 is 8.78 Å². The number of halogens is 2. The zero-order valence-electron chi connectivity index (χ0n) is 30.5. The van der Waals surface area contributed by atoms with E-state index in [0.717, 1.165) is 66.9 Å². The zero-order chi connectivity index (χ0) is 38.3. The molecule has 4 nitrogen and oxygen atoms in total. The molecule has 0 unspecified atom stereocenters. The van der Waals surface area contributed by atoms with E-state index in [2.05, 4.69) is 65.2 Å². The van der Waals surface area contributed by atoms with Crippen molar-refractivity contribution in [3.8, 4) is 73.2 Å². The van der Waals surface area contributed by atoms with Crippen molar-refractivity contribution in [3.05, 3.63) is 206 Å². The molecule has 0 aliphatic carbocycles. The van der Waals surface area contributed by atoms with Crippen LogP contribution in [0.1, 0.15) is 0 Å². The normalized spacial score (nSPS) is 11.3. The Morgan fingerprint density at radius 3 is 1.26 bits per heavy atom. The Labute approximate surface area is 328 Å². The molecule has 2 heterocycles. The summed E-state index contributed by atoms with van der Waals surface area (Å²) < 4.78 is 32.1. The number of benzene rings is 8. The summed E-state index contributed by atoms with van der Waals surface area (Å²) in [6.45, 7) is 0. The first-order valence-electron chi connectivity index (χ1n) is 18.7. The standard InChI is InChI=1S/C51H32F2N4/c52-40-24-28-41(45(53)32-40)39-23-27-44(51-55-49(35-17-9-3-10-18-35)54-50(56-51)36-19-11-4-12-20-36)48(31-39)57-46-29-37(33-13-5-1-6-14-33)21-25-42(46)43-26-22-38(30-47(43)57)34-15-7-2-8-16-34/h1-32H. The summed E-state index contributed by atoms with van der Waals surface area (Å²) in [5, 5.41) is 2.11. The summed E-state index contributed by atoms with van der Waals surface area (Å²) in [4.78, 5) is 15.2. The van der Waals surface area contributed by atoms with E-state index in [1.807, 2.05) is 115 Å². The molecule has 0 saturated heterocycles. The lowest BCUT2D eigenvalue weighted by atomic mass is 10.0. The average Bonchev–Trinajstić information content (AvgIpc) is 3.60. The fraction of sp³-hybridized carbons (Fsp3) is 0. The van der Waals surface area contributed by atoms with Crippen molar-refractivity contribution in [2.45, 2.75) is 0 Å². The van der Waals surface area contributed by atoms with E-state index in [9.17, 15) is 4.39 Å². The van der Waals surface area contributed by atoms with Gasteiger partial charge in [0.25, 0.3) is 0 Å². The van der Waals surface area contributed by atoms with Crippen LogP contribution in [-0.4, -0.2) is 19.5 Å². The Morgan fingerprint density at radius 1 is 0.333 bits per heavy atom. The molecule has 8 aromatic carbocycles. The van der Waals surface area contributed by atoms with Crippen LogP contribution >= 0.6 is 0 Å². The number of hydrogen-bond donors (Lipinski definition) is 0. The van der Waals surface area contributed by atoms with Crippen molar-refractivity contribution in [1.29, 1.82) is 0 Å². The summed E-state index contributed by atoms with van der Waals surface area (Å²) in [5.41, 5.74) is 10.2. The van der Waals surface area contributed by atoms with Crippen LogP contribution in [0.3, 0.4) is 0 Å². The second-order valence-corrected chi connectivity index (χ2v) is 13.9. The number of fused-ring (bicyclic) bond motifs is 3. The van der Waals surface area contributed by atoms with Gasteiger partial charge in [0.1, 0.15) is 11.6 Å². The molecule has 10 rings (SSSR count). The van der Waals surface area contributed by atoms with Crippen LogP contribution in [0.25, 0.3) is 95.0 Å². The lowest BCUT2D eigenvalue weighted by Gasteiger charge is -2.17. The lowest BCUT2D eigenvalue weighted by molar-refractivity contribution is 0.585. The summed E-state index contributed by atoms with van der Waals surface area (Å²) in [7, 11) is 0. The molecule has 0 aliphatic heterocycles. The van der Waals surface area contributed by atoms with Gasteiger partial charge in [0, 0.05) is 39.1 Å². The fourth-order valence-electron chi connectivity index (χ4n) is 7.62. The first-order valence-corrected chi connectivity index (χ1v) is 18.7. The van der Waals surface area contributed by atoms with Gasteiger partial charge >= 0.3 is 0 Å². The van der Waals surface area contributed by atoms with Crippen molar-refractivity contribution >= 4 is 21.8 Å². The highest BCUT2D eigenvalue weighted by atomic mass is 19.1. The molecule has 0 radical (unpaired) electrons. The molecule has 0 saturated carbocycles. The minimum atomic E-state index is -0.647. The van der Waals surface area contributed by atoms with Gasteiger partial charge in [-0.1, -0.05) is 152 Å². The largest absolute Gasteiger partial charge is 0.308 e. The van der Waals surface area contributed by atoms with Crippen molar-refractivity contribution in [3.63, 3.8) is 0 Å². The lowest BCUT2D eigenvalue weighted by Crippen LogP contribution is -2.04. The SMILES string of the molecule is Fc1ccc(-c2ccc(-c3nc(-c4ccccc4)nc(-c4ccccc4)n3)c(-n3c4cc(-c5ccccc5)ccc4c4ccc(-c5ccccc5)cc43)c2)c(F)c1. The molecular formula is C51H32F2N4. The van der Waals surface area contributed by atoms with Gasteiger partial charge < -0.3 is 4.57 Å². The number of nitrogens with zero attached hydrogens (tertiary/aromatic N) is 4. The van der Waals surface area contributed by atoms with E-state index in [-0.39, 0.29) is 5.56 Å². The highest BCUT2D eigenvalue weighted by Crippen LogP contribution is 2.41. The summed E-state index contributed by atoms with van der Waals surface area (Å²) in [5.74, 6) is 0.228. The third-order valence-corrected chi connectivity index (χ3v) is 10.4. The van der Waals surface area contributed by atoms with Crippen molar-refractivity contribution in [2.75, 3.05) is 0 Å².